The molecule has 4 rings (SSSR count). The molecule has 1 aliphatic heterocycles. The maximum Gasteiger partial charge on any atom is 0.328 e. The molecule has 0 spiro atoms. The quantitative estimate of drug-likeness (QED) is 0.371. The molecular formula is C26H28N6O4S. The summed E-state index contributed by atoms with van der Waals surface area (Å²) < 4.78 is 0. The van der Waals surface area contributed by atoms with Gasteiger partial charge >= 0.3 is 11.9 Å². The fourth-order valence-electron chi connectivity index (χ4n) is 4.01. The van der Waals surface area contributed by atoms with Gasteiger partial charge in [0.2, 0.25) is 5.95 Å². The number of carbonyl (C=O) groups is 2. The largest absolute Gasteiger partial charge is 0.478 e. The first-order chi connectivity index (χ1) is 17.7. The lowest BCUT2D eigenvalue weighted by Crippen LogP contribution is -2.25. The van der Waals surface area contributed by atoms with Crippen molar-refractivity contribution in [3.63, 3.8) is 0 Å². The van der Waals surface area contributed by atoms with Gasteiger partial charge in [0.15, 0.2) is 5.13 Å². The van der Waals surface area contributed by atoms with Crippen LogP contribution >= 0.6 is 11.3 Å². The van der Waals surface area contributed by atoms with Gasteiger partial charge in [0.1, 0.15) is 16.8 Å². The van der Waals surface area contributed by atoms with Crippen molar-refractivity contribution in [2.45, 2.75) is 46.1 Å². The van der Waals surface area contributed by atoms with Gasteiger partial charge in [0.05, 0.1) is 12.2 Å². The number of aryl methyl sites for hydroxylation is 2. The molecule has 192 valence electrons. The second kappa shape index (κ2) is 12.6. The number of rotatable bonds is 7. The Morgan fingerprint density at radius 3 is 2.43 bits per heavy atom. The minimum Gasteiger partial charge on any atom is -0.478 e. The Balaban J connectivity index is 0.000000414. The first kappa shape index (κ1) is 27.3. The van der Waals surface area contributed by atoms with E-state index in [0.717, 1.165) is 48.8 Å². The zero-order chi connectivity index (χ0) is 26.9. The van der Waals surface area contributed by atoms with E-state index < -0.39 is 11.9 Å². The maximum atomic E-state index is 9.55. The highest BCUT2D eigenvalue weighted by Crippen LogP contribution is 2.36. The lowest BCUT2D eigenvalue weighted by molar-refractivity contribution is -0.134. The third kappa shape index (κ3) is 7.35. The number of carboxylic acid groups (broad SMARTS) is 2. The van der Waals surface area contributed by atoms with Crippen LogP contribution in [0.4, 0.5) is 16.9 Å². The third-order valence-corrected chi connectivity index (χ3v) is 6.55. The number of aliphatic carboxylic acids is 2. The van der Waals surface area contributed by atoms with Crippen LogP contribution in [0.25, 0.3) is 0 Å². The standard InChI is InChI=1S/C22H24N6S.C4H4O4/c1-4-18-15(3)25-21(26-20(18)27-22-24-13-17(12-23)29-22)28-11-5-6-19(28)16-9-7-14(2)8-10-16;5-3(6)1-2-4(7)8/h7-10,13,19H,4-6,11H2,1-3H3,(H,24,25,26,27);1-2H,(H,5,6)(H,7,8)/b;2-1-/t19-;/m0./s1. The van der Waals surface area contributed by atoms with Crippen LogP contribution < -0.4 is 10.2 Å². The van der Waals surface area contributed by atoms with Crippen LogP contribution in [0.15, 0.2) is 42.6 Å². The van der Waals surface area contributed by atoms with E-state index in [0.29, 0.717) is 28.2 Å². The summed E-state index contributed by atoms with van der Waals surface area (Å²) in [7, 11) is 0. The topological polar surface area (TPSA) is 152 Å². The molecule has 11 heteroatoms. The molecule has 3 heterocycles. The highest BCUT2D eigenvalue weighted by Gasteiger charge is 2.29. The van der Waals surface area contributed by atoms with Crippen LogP contribution in [0.1, 0.15) is 53.1 Å². The predicted octanol–water partition coefficient (Wildman–Crippen LogP) is 4.78. The van der Waals surface area contributed by atoms with Crippen LogP contribution in [0.3, 0.4) is 0 Å². The summed E-state index contributed by atoms with van der Waals surface area (Å²) >= 11 is 1.33. The average Bonchev–Trinajstić information content (AvgIpc) is 3.53. The smallest absolute Gasteiger partial charge is 0.328 e. The molecule has 3 aromatic rings. The monoisotopic (exact) mass is 520 g/mol. The molecule has 0 unspecified atom stereocenters. The minimum absolute atomic E-state index is 0.292. The number of anilines is 3. The van der Waals surface area contributed by atoms with Gasteiger partial charge in [-0.25, -0.2) is 19.6 Å². The zero-order valence-electron chi connectivity index (χ0n) is 20.8. The van der Waals surface area contributed by atoms with E-state index >= 15 is 0 Å². The molecule has 0 amide bonds. The van der Waals surface area contributed by atoms with Gasteiger partial charge in [-0.3, -0.25) is 0 Å². The summed E-state index contributed by atoms with van der Waals surface area (Å²) in [5, 5.41) is 28.7. The first-order valence-electron chi connectivity index (χ1n) is 11.7. The Kier molecular flexibility index (Phi) is 9.29. The van der Waals surface area contributed by atoms with E-state index in [-0.39, 0.29) is 0 Å². The third-order valence-electron chi connectivity index (χ3n) is 5.74. The van der Waals surface area contributed by atoms with Crippen molar-refractivity contribution >= 4 is 40.2 Å². The van der Waals surface area contributed by atoms with Crippen molar-refractivity contribution in [2.24, 2.45) is 0 Å². The van der Waals surface area contributed by atoms with Crippen molar-refractivity contribution in [2.75, 3.05) is 16.8 Å². The Hall–Kier alpha value is -4.30. The van der Waals surface area contributed by atoms with Crippen LogP contribution in [0.5, 0.6) is 0 Å². The molecule has 37 heavy (non-hydrogen) atoms. The number of carboxylic acids is 2. The second-order valence-corrected chi connectivity index (χ2v) is 9.36. The molecule has 0 saturated carbocycles. The molecule has 1 aliphatic rings. The Morgan fingerprint density at radius 2 is 1.86 bits per heavy atom. The first-order valence-corrected chi connectivity index (χ1v) is 12.5. The molecule has 0 bridgehead atoms. The van der Waals surface area contributed by atoms with Crippen molar-refractivity contribution < 1.29 is 19.8 Å². The maximum absolute atomic E-state index is 9.55. The number of nitrogens with zero attached hydrogens (tertiary/aromatic N) is 5. The Morgan fingerprint density at radius 1 is 1.19 bits per heavy atom. The highest BCUT2D eigenvalue weighted by atomic mass is 32.1. The normalized spacial score (nSPS) is 14.6. The van der Waals surface area contributed by atoms with Crippen molar-refractivity contribution in [1.82, 2.24) is 15.0 Å². The molecule has 10 nitrogen and oxygen atoms in total. The van der Waals surface area contributed by atoms with E-state index in [4.69, 9.17) is 25.4 Å². The van der Waals surface area contributed by atoms with E-state index in [1.807, 2.05) is 6.92 Å². The van der Waals surface area contributed by atoms with Crippen LogP contribution in [-0.4, -0.2) is 43.6 Å². The number of aromatic nitrogens is 3. The summed E-state index contributed by atoms with van der Waals surface area (Å²) in [6, 6.07) is 11.2. The van der Waals surface area contributed by atoms with Gasteiger partial charge in [-0.1, -0.05) is 48.1 Å². The van der Waals surface area contributed by atoms with E-state index in [1.54, 1.807) is 6.20 Å². The lowest BCUT2D eigenvalue weighted by Gasteiger charge is -2.26. The Bertz CT molecular complexity index is 1310. The molecule has 1 atom stereocenters. The molecular weight excluding hydrogens is 492 g/mol. The number of benzene rings is 1. The van der Waals surface area contributed by atoms with E-state index in [9.17, 15) is 9.59 Å². The SMILES string of the molecule is CCc1c(C)nc(N2CCC[C@H]2c2ccc(C)cc2)nc1Nc1ncc(C#N)s1.O=C(O)/C=C\C(=O)O. The van der Waals surface area contributed by atoms with E-state index in [1.165, 1.54) is 22.5 Å². The fraction of sp³-hybridized carbons (Fsp3) is 0.308. The average molecular weight is 521 g/mol. The molecule has 1 saturated heterocycles. The number of nitriles is 1. The molecule has 0 radical (unpaired) electrons. The lowest BCUT2D eigenvalue weighted by atomic mass is 10.0. The summed E-state index contributed by atoms with van der Waals surface area (Å²) in [5.74, 6) is -0.981. The van der Waals surface area contributed by atoms with Gasteiger partial charge in [0.25, 0.3) is 0 Å². The van der Waals surface area contributed by atoms with Crippen LogP contribution in [0, 0.1) is 25.2 Å². The number of nitrogens with one attached hydrogen (secondary N) is 1. The summed E-state index contributed by atoms with van der Waals surface area (Å²) in [6.07, 6.45) is 5.75. The van der Waals surface area contributed by atoms with Gasteiger partial charge < -0.3 is 20.4 Å². The van der Waals surface area contributed by atoms with Gasteiger partial charge in [-0.05, 0) is 38.7 Å². The molecule has 1 aromatic carbocycles. The van der Waals surface area contributed by atoms with Gasteiger partial charge in [-0.2, -0.15) is 10.2 Å². The number of thiazole rings is 1. The zero-order valence-corrected chi connectivity index (χ0v) is 21.6. The van der Waals surface area contributed by atoms with Crippen LogP contribution in [0.2, 0.25) is 0 Å². The van der Waals surface area contributed by atoms with Crippen molar-refractivity contribution in [3.8, 4) is 6.07 Å². The fourth-order valence-corrected chi connectivity index (χ4v) is 4.62. The van der Waals surface area contributed by atoms with Gasteiger partial charge in [-0.15, -0.1) is 0 Å². The number of hydrogen-bond donors (Lipinski definition) is 3. The molecule has 3 N–H and O–H groups in total. The Labute approximate surface area is 219 Å². The van der Waals surface area contributed by atoms with Crippen molar-refractivity contribution in [3.05, 3.63) is 69.9 Å². The second-order valence-electron chi connectivity index (χ2n) is 8.33. The molecule has 0 aliphatic carbocycles. The van der Waals surface area contributed by atoms with Gasteiger partial charge in [0, 0.05) is 30.0 Å². The van der Waals surface area contributed by atoms with Crippen molar-refractivity contribution in [1.29, 1.82) is 5.26 Å². The summed E-state index contributed by atoms with van der Waals surface area (Å²) in [6.45, 7) is 7.19. The highest BCUT2D eigenvalue weighted by molar-refractivity contribution is 7.16. The van der Waals surface area contributed by atoms with E-state index in [2.05, 4.69) is 59.4 Å². The summed E-state index contributed by atoms with van der Waals surface area (Å²) in [4.78, 5) is 36.0. The molecule has 2 aromatic heterocycles. The van der Waals surface area contributed by atoms with Crippen LogP contribution in [-0.2, 0) is 16.0 Å². The predicted molar refractivity (Wildman–Crippen MR) is 141 cm³/mol. The summed E-state index contributed by atoms with van der Waals surface area (Å²) in [5.41, 5.74) is 4.63. The molecule has 1 fully saturated rings. The number of hydrogen-bond acceptors (Lipinski definition) is 9. The minimum atomic E-state index is -1.26.